The Labute approximate surface area is 67.5 Å². The second kappa shape index (κ2) is 3.53. The van der Waals surface area contributed by atoms with E-state index in [1.54, 1.807) is 13.0 Å². The molecule has 0 radical (unpaired) electrons. The van der Waals surface area contributed by atoms with Crippen molar-refractivity contribution in [3.63, 3.8) is 0 Å². The summed E-state index contributed by atoms with van der Waals surface area (Å²) in [5, 5.41) is 10.2. The number of carbonyl (C=O) groups excluding carboxylic acids is 1. The molecule has 0 saturated heterocycles. The topological polar surface area (TPSA) is 40.1 Å². The van der Waals surface area contributed by atoms with E-state index in [1.165, 1.54) is 0 Å². The molecular weight excluding hydrogens is 142 g/mol. The van der Waals surface area contributed by atoms with Crippen LogP contribution in [-0.4, -0.2) is 38.1 Å². The summed E-state index contributed by atoms with van der Waals surface area (Å²) in [5.74, 6) is -1.08. The van der Waals surface area contributed by atoms with Crippen LogP contribution in [0.3, 0.4) is 0 Å². The third-order valence-electron chi connectivity index (χ3n) is 1.27. The molecule has 64 valence electrons. The number of nitrogens with zero attached hydrogens (tertiary/aromatic N) is 1. The van der Waals surface area contributed by atoms with Gasteiger partial charge in [-0.25, -0.2) is 0 Å². The molecule has 0 bridgehead atoms. The molecule has 0 aliphatic heterocycles. The van der Waals surface area contributed by atoms with Crippen molar-refractivity contribution < 1.29 is 14.4 Å². The normalized spacial score (nSPS) is 13.3. The maximum absolute atomic E-state index is 10.2. The maximum atomic E-state index is 10.2. The fourth-order valence-electron chi connectivity index (χ4n) is 0.494. The average molecular weight is 157 g/mol. The van der Waals surface area contributed by atoms with Crippen molar-refractivity contribution >= 4 is 5.97 Å². The van der Waals surface area contributed by atoms with Gasteiger partial charge < -0.3 is 14.4 Å². The van der Waals surface area contributed by atoms with E-state index in [-0.39, 0.29) is 0 Å². The van der Waals surface area contributed by atoms with Crippen LogP contribution >= 0.6 is 0 Å². The molecule has 3 nitrogen and oxygen atoms in total. The molecule has 0 aromatic carbocycles. The molecule has 3 heteroatoms. The summed E-state index contributed by atoms with van der Waals surface area (Å²) in [6.07, 6.45) is 1.68. The van der Waals surface area contributed by atoms with E-state index in [2.05, 4.69) is 0 Å². The highest BCUT2D eigenvalue weighted by Crippen LogP contribution is 1.95. The van der Waals surface area contributed by atoms with Crippen LogP contribution in [0.5, 0.6) is 0 Å². The number of aliphatic carboxylic acids is 1. The number of carbonyl (C=O) groups is 1. The molecule has 0 atom stereocenters. The molecule has 0 saturated carbocycles. The number of carboxylic acid groups (broad SMARTS) is 1. The Bertz CT molecular complexity index is 177. The van der Waals surface area contributed by atoms with Gasteiger partial charge in [0.2, 0.25) is 0 Å². The van der Waals surface area contributed by atoms with E-state index >= 15 is 0 Å². The largest absolute Gasteiger partial charge is 0.545 e. The summed E-state index contributed by atoms with van der Waals surface area (Å²) >= 11 is 0. The van der Waals surface area contributed by atoms with Gasteiger partial charge in [-0.2, -0.15) is 0 Å². The SMILES string of the molecule is CC(=CC[N+](C)(C)C)C(=O)[O-]. The number of hydrogen-bond acceptors (Lipinski definition) is 2. The fourth-order valence-corrected chi connectivity index (χ4v) is 0.494. The van der Waals surface area contributed by atoms with E-state index in [9.17, 15) is 9.90 Å². The van der Waals surface area contributed by atoms with E-state index in [4.69, 9.17) is 0 Å². The summed E-state index contributed by atoms with van der Waals surface area (Å²) in [7, 11) is 6.00. The molecule has 0 aliphatic carbocycles. The van der Waals surface area contributed by atoms with Gasteiger partial charge in [-0.15, -0.1) is 0 Å². The Hall–Kier alpha value is -0.830. The van der Waals surface area contributed by atoms with Gasteiger partial charge in [-0.1, -0.05) is 0 Å². The summed E-state index contributed by atoms with van der Waals surface area (Å²) in [6.45, 7) is 2.25. The van der Waals surface area contributed by atoms with Crippen LogP contribution in [0.4, 0.5) is 0 Å². The molecule has 0 aromatic heterocycles. The third kappa shape index (κ3) is 5.61. The molecular formula is C8H15NO2. The predicted octanol–water partition coefficient (Wildman–Crippen LogP) is -0.611. The van der Waals surface area contributed by atoms with E-state index in [0.29, 0.717) is 12.1 Å². The van der Waals surface area contributed by atoms with E-state index in [0.717, 1.165) is 4.48 Å². The molecule has 0 fully saturated rings. The number of likely N-dealkylation sites (N-methyl/N-ethyl adjacent to an activating group) is 1. The predicted molar refractivity (Wildman–Crippen MR) is 41.7 cm³/mol. The van der Waals surface area contributed by atoms with Crippen molar-refractivity contribution in [3.05, 3.63) is 11.6 Å². The molecule has 0 spiro atoms. The van der Waals surface area contributed by atoms with Crippen LogP contribution in [0.2, 0.25) is 0 Å². The number of hydrogen-bond donors (Lipinski definition) is 0. The second-order valence-corrected chi connectivity index (χ2v) is 3.65. The Balaban J connectivity index is 4.04. The lowest BCUT2D eigenvalue weighted by molar-refractivity contribution is -0.864. The zero-order chi connectivity index (χ0) is 9.07. The third-order valence-corrected chi connectivity index (χ3v) is 1.27. The van der Waals surface area contributed by atoms with Gasteiger partial charge in [-0.3, -0.25) is 0 Å². The van der Waals surface area contributed by atoms with Gasteiger partial charge in [0, 0.05) is 0 Å². The Morgan fingerprint density at radius 1 is 1.45 bits per heavy atom. The lowest BCUT2D eigenvalue weighted by Gasteiger charge is -2.22. The van der Waals surface area contributed by atoms with Crippen LogP contribution in [0.15, 0.2) is 11.6 Å². The first-order chi connectivity index (χ1) is 4.83. The first-order valence-corrected chi connectivity index (χ1v) is 3.51. The minimum Gasteiger partial charge on any atom is -0.545 e. The first kappa shape index (κ1) is 10.2. The van der Waals surface area contributed by atoms with Gasteiger partial charge in [0.05, 0.1) is 33.7 Å². The van der Waals surface area contributed by atoms with Gasteiger partial charge >= 0.3 is 0 Å². The van der Waals surface area contributed by atoms with Crippen LogP contribution in [0, 0.1) is 0 Å². The quantitative estimate of drug-likeness (QED) is 0.405. The summed E-state index contributed by atoms with van der Waals surface area (Å²) in [5.41, 5.74) is 0.304. The van der Waals surface area contributed by atoms with Gasteiger partial charge in [0.1, 0.15) is 0 Å². The standard InChI is InChI=1S/C8H15NO2/c1-7(8(10)11)5-6-9(2,3)4/h5H,6H2,1-4H3. The minimum atomic E-state index is -1.08. The number of quaternary nitrogens is 1. The minimum absolute atomic E-state index is 0.304. The maximum Gasteiger partial charge on any atom is 0.0973 e. The van der Waals surface area contributed by atoms with Gasteiger partial charge in [0.15, 0.2) is 0 Å². The molecule has 11 heavy (non-hydrogen) atoms. The Morgan fingerprint density at radius 2 is 1.91 bits per heavy atom. The van der Waals surface area contributed by atoms with E-state index < -0.39 is 5.97 Å². The summed E-state index contributed by atoms with van der Waals surface area (Å²) in [4.78, 5) is 10.2. The van der Waals surface area contributed by atoms with Crippen LogP contribution < -0.4 is 5.11 Å². The molecule has 0 rings (SSSR count). The smallest absolute Gasteiger partial charge is 0.0973 e. The van der Waals surface area contributed by atoms with E-state index in [1.807, 2.05) is 21.1 Å². The average Bonchev–Trinajstić information content (AvgIpc) is 1.80. The Morgan fingerprint density at radius 3 is 2.18 bits per heavy atom. The molecule has 0 unspecified atom stereocenters. The zero-order valence-electron chi connectivity index (χ0n) is 7.55. The van der Waals surface area contributed by atoms with Crippen LogP contribution in [0.1, 0.15) is 6.92 Å². The zero-order valence-corrected chi connectivity index (χ0v) is 7.55. The molecule has 0 amide bonds. The monoisotopic (exact) mass is 157 g/mol. The Kier molecular flexibility index (Phi) is 3.26. The van der Waals surface area contributed by atoms with Crippen molar-refractivity contribution in [2.45, 2.75) is 6.92 Å². The van der Waals surface area contributed by atoms with Crippen molar-refractivity contribution in [1.82, 2.24) is 0 Å². The van der Waals surface area contributed by atoms with Gasteiger partial charge in [-0.05, 0) is 18.6 Å². The highest BCUT2D eigenvalue weighted by molar-refractivity contribution is 5.83. The second-order valence-electron chi connectivity index (χ2n) is 3.65. The van der Waals surface area contributed by atoms with Crippen molar-refractivity contribution in [2.24, 2.45) is 0 Å². The fraction of sp³-hybridized carbons (Fsp3) is 0.625. The number of rotatable bonds is 3. The highest BCUT2D eigenvalue weighted by atomic mass is 16.4. The van der Waals surface area contributed by atoms with Crippen molar-refractivity contribution in [2.75, 3.05) is 27.7 Å². The summed E-state index contributed by atoms with van der Waals surface area (Å²) in [6, 6.07) is 0. The molecule has 0 heterocycles. The highest BCUT2D eigenvalue weighted by Gasteiger charge is 2.03. The van der Waals surface area contributed by atoms with Crippen LogP contribution in [0.25, 0.3) is 0 Å². The lowest BCUT2D eigenvalue weighted by atomic mass is 10.3. The first-order valence-electron chi connectivity index (χ1n) is 3.51. The number of carboxylic acids is 1. The molecule has 0 N–H and O–H groups in total. The summed E-state index contributed by atoms with van der Waals surface area (Å²) < 4.78 is 0.727. The van der Waals surface area contributed by atoms with Crippen molar-refractivity contribution in [1.29, 1.82) is 0 Å². The van der Waals surface area contributed by atoms with Crippen molar-refractivity contribution in [3.8, 4) is 0 Å². The molecule has 0 aromatic rings. The van der Waals surface area contributed by atoms with Gasteiger partial charge in [0.25, 0.3) is 0 Å². The lowest BCUT2D eigenvalue weighted by Crippen LogP contribution is -2.35. The molecule has 0 aliphatic rings. The van der Waals surface area contributed by atoms with Crippen LogP contribution in [-0.2, 0) is 4.79 Å².